The third-order valence-corrected chi connectivity index (χ3v) is 3.11. The molecule has 3 nitrogen and oxygen atoms in total. The van der Waals surface area contributed by atoms with Crippen LogP contribution in [0.2, 0.25) is 0 Å². The summed E-state index contributed by atoms with van der Waals surface area (Å²) in [7, 11) is 0. The summed E-state index contributed by atoms with van der Waals surface area (Å²) >= 11 is 0. The van der Waals surface area contributed by atoms with Crippen molar-refractivity contribution in [2.24, 2.45) is 11.1 Å². The molecule has 1 rings (SSSR count). The van der Waals surface area contributed by atoms with E-state index in [0.29, 0.717) is 6.54 Å². The Kier molecular flexibility index (Phi) is 8.44. The zero-order valence-corrected chi connectivity index (χ0v) is 12.6. The number of rotatable bonds is 7. The molecule has 0 aliphatic heterocycles. The monoisotopic (exact) mass is 284 g/mol. The van der Waals surface area contributed by atoms with E-state index in [0.717, 1.165) is 19.3 Å². The summed E-state index contributed by atoms with van der Waals surface area (Å²) in [6, 6.07) is 10.5. The minimum Gasteiger partial charge on any atom is -0.354 e. The van der Waals surface area contributed by atoms with Gasteiger partial charge in [-0.1, -0.05) is 44.2 Å². The third-order valence-electron chi connectivity index (χ3n) is 3.11. The summed E-state index contributed by atoms with van der Waals surface area (Å²) < 4.78 is 0. The van der Waals surface area contributed by atoms with Gasteiger partial charge in [-0.3, -0.25) is 4.79 Å². The number of aryl methyl sites for hydroxylation is 1. The maximum atomic E-state index is 11.1. The van der Waals surface area contributed by atoms with Crippen molar-refractivity contribution in [3.05, 3.63) is 35.9 Å². The molecule has 0 atom stereocenters. The largest absolute Gasteiger partial charge is 0.354 e. The van der Waals surface area contributed by atoms with Crippen LogP contribution < -0.4 is 11.1 Å². The molecular formula is C15H25ClN2O. The SMILES string of the molecule is CC(C)(CCCc1ccccc1)CNC(=O)CN.Cl. The summed E-state index contributed by atoms with van der Waals surface area (Å²) in [4.78, 5) is 11.1. The van der Waals surface area contributed by atoms with E-state index in [1.54, 1.807) is 0 Å². The first-order valence-corrected chi connectivity index (χ1v) is 6.54. The van der Waals surface area contributed by atoms with E-state index in [4.69, 9.17) is 5.73 Å². The molecule has 0 heterocycles. The average Bonchev–Trinajstić information content (AvgIpc) is 2.37. The van der Waals surface area contributed by atoms with Gasteiger partial charge in [-0.25, -0.2) is 0 Å². The fourth-order valence-electron chi connectivity index (χ4n) is 1.91. The summed E-state index contributed by atoms with van der Waals surface area (Å²) in [5.41, 5.74) is 6.76. The van der Waals surface area contributed by atoms with Gasteiger partial charge in [-0.2, -0.15) is 0 Å². The molecule has 1 amide bonds. The number of carbonyl (C=O) groups is 1. The third kappa shape index (κ3) is 7.85. The molecule has 0 bridgehead atoms. The molecule has 0 radical (unpaired) electrons. The van der Waals surface area contributed by atoms with Crippen molar-refractivity contribution in [2.45, 2.75) is 33.1 Å². The van der Waals surface area contributed by atoms with Crippen LogP contribution in [0, 0.1) is 5.41 Å². The van der Waals surface area contributed by atoms with Crippen molar-refractivity contribution in [2.75, 3.05) is 13.1 Å². The highest BCUT2D eigenvalue weighted by Gasteiger charge is 2.17. The number of nitrogens with one attached hydrogen (secondary N) is 1. The second kappa shape index (κ2) is 8.94. The first-order chi connectivity index (χ1) is 8.53. The van der Waals surface area contributed by atoms with Crippen molar-refractivity contribution < 1.29 is 4.79 Å². The Labute approximate surface area is 122 Å². The van der Waals surface area contributed by atoms with Crippen LogP contribution >= 0.6 is 12.4 Å². The first kappa shape index (κ1) is 17.9. The van der Waals surface area contributed by atoms with Gasteiger partial charge in [-0.15, -0.1) is 12.4 Å². The topological polar surface area (TPSA) is 55.1 Å². The zero-order chi connectivity index (χ0) is 13.4. The van der Waals surface area contributed by atoms with E-state index in [1.807, 2.05) is 6.07 Å². The van der Waals surface area contributed by atoms with Gasteiger partial charge in [0.05, 0.1) is 6.54 Å². The van der Waals surface area contributed by atoms with Crippen molar-refractivity contribution >= 4 is 18.3 Å². The van der Waals surface area contributed by atoms with Gasteiger partial charge >= 0.3 is 0 Å². The number of hydrogen-bond donors (Lipinski definition) is 2. The summed E-state index contributed by atoms with van der Waals surface area (Å²) in [6.45, 7) is 5.11. The van der Waals surface area contributed by atoms with E-state index in [2.05, 4.69) is 43.4 Å². The van der Waals surface area contributed by atoms with E-state index >= 15 is 0 Å². The lowest BCUT2D eigenvalue weighted by atomic mass is 9.86. The van der Waals surface area contributed by atoms with Crippen LogP contribution in [0.15, 0.2) is 30.3 Å². The van der Waals surface area contributed by atoms with Crippen LogP contribution in [0.3, 0.4) is 0 Å². The molecule has 0 aliphatic rings. The fourth-order valence-corrected chi connectivity index (χ4v) is 1.91. The van der Waals surface area contributed by atoms with E-state index < -0.39 is 0 Å². The van der Waals surface area contributed by atoms with Gasteiger partial charge in [0.2, 0.25) is 5.91 Å². The van der Waals surface area contributed by atoms with Crippen LogP contribution in [0.5, 0.6) is 0 Å². The molecule has 1 aromatic rings. The lowest BCUT2D eigenvalue weighted by Crippen LogP contribution is -2.37. The molecule has 0 saturated carbocycles. The highest BCUT2D eigenvalue weighted by atomic mass is 35.5. The van der Waals surface area contributed by atoms with Crippen LogP contribution in [0.25, 0.3) is 0 Å². The molecule has 4 heteroatoms. The number of halogens is 1. The van der Waals surface area contributed by atoms with E-state index in [9.17, 15) is 4.79 Å². The first-order valence-electron chi connectivity index (χ1n) is 6.54. The van der Waals surface area contributed by atoms with Gasteiger partial charge in [0, 0.05) is 6.54 Å². The lowest BCUT2D eigenvalue weighted by molar-refractivity contribution is -0.120. The molecule has 0 spiro atoms. The second-order valence-electron chi connectivity index (χ2n) is 5.48. The zero-order valence-electron chi connectivity index (χ0n) is 11.8. The maximum absolute atomic E-state index is 11.1. The van der Waals surface area contributed by atoms with Crippen molar-refractivity contribution in [1.82, 2.24) is 5.32 Å². The number of carbonyl (C=O) groups excluding carboxylic acids is 1. The minimum atomic E-state index is -0.0777. The molecule has 0 aromatic heterocycles. The number of benzene rings is 1. The van der Waals surface area contributed by atoms with Crippen molar-refractivity contribution in [3.63, 3.8) is 0 Å². The summed E-state index contributed by atoms with van der Waals surface area (Å²) in [5, 5.41) is 2.86. The van der Waals surface area contributed by atoms with Crippen molar-refractivity contribution in [3.8, 4) is 0 Å². The predicted molar refractivity (Wildman–Crippen MR) is 82.5 cm³/mol. The quantitative estimate of drug-likeness (QED) is 0.808. The van der Waals surface area contributed by atoms with Gasteiger partial charge in [0.25, 0.3) is 0 Å². The number of hydrogen-bond acceptors (Lipinski definition) is 2. The Morgan fingerprint density at radius 2 is 1.89 bits per heavy atom. The Morgan fingerprint density at radius 3 is 2.47 bits per heavy atom. The maximum Gasteiger partial charge on any atom is 0.233 e. The van der Waals surface area contributed by atoms with Crippen LogP contribution in [-0.4, -0.2) is 19.0 Å². The van der Waals surface area contributed by atoms with Crippen molar-refractivity contribution in [1.29, 1.82) is 0 Å². The smallest absolute Gasteiger partial charge is 0.233 e. The summed E-state index contributed by atoms with van der Waals surface area (Å²) in [5.74, 6) is -0.0777. The molecule has 3 N–H and O–H groups in total. The molecule has 0 unspecified atom stereocenters. The average molecular weight is 285 g/mol. The van der Waals surface area contributed by atoms with Crippen LogP contribution in [0.1, 0.15) is 32.3 Å². The number of amides is 1. The van der Waals surface area contributed by atoms with Gasteiger partial charge in [-0.05, 0) is 30.2 Å². The Morgan fingerprint density at radius 1 is 1.26 bits per heavy atom. The van der Waals surface area contributed by atoms with E-state index in [-0.39, 0.29) is 30.3 Å². The molecule has 0 saturated heterocycles. The minimum absolute atomic E-state index is 0. The molecular weight excluding hydrogens is 260 g/mol. The summed E-state index contributed by atoms with van der Waals surface area (Å²) in [6.07, 6.45) is 3.32. The lowest BCUT2D eigenvalue weighted by Gasteiger charge is -2.24. The second-order valence-corrected chi connectivity index (χ2v) is 5.48. The Hall–Kier alpha value is -1.06. The standard InChI is InChI=1S/C15H24N2O.ClH/c1-15(2,12-17-14(18)11-16)10-6-9-13-7-4-3-5-8-13;/h3-5,7-8H,6,9-12,16H2,1-2H3,(H,17,18);1H. The van der Waals surface area contributed by atoms with Crippen LogP contribution in [0.4, 0.5) is 0 Å². The van der Waals surface area contributed by atoms with Gasteiger partial charge < -0.3 is 11.1 Å². The highest BCUT2D eigenvalue weighted by molar-refractivity contribution is 5.85. The predicted octanol–water partition coefficient (Wildman–Crippen LogP) is 2.53. The van der Waals surface area contributed by atoms with Gasteiger partial charge in [0.15, 0.2) is 0 Å². The van der Waals surface area contributed by atoms with E-state index in [1.165, 1.54) is 5.56 Å². The Bertz CT molecular complexity index is 366. The number of nitrogens with two attached hydrogens (primary N) is 1. The molecule has 0 fully saturated rings. The Balaban J connectivity index is 0.00000324. The highest BCUT2D eigenvalue weighted by Crippen LogP contribution is 2.22. The van der Waals surface area contributed by atoms with Crippen LogP contribution in [-0.2, 0) is 11.2 Å². The molecule has 19 heavy (non-hydrogen) atoms. The normalized spacial score (nSPS) is 10.7. The molecule has 1 aromatic carbocycles. The molecule has 0 aliphatic carbocycles. The molecule has 108 valence electrons. The fraction of sp³-hybridized carbons (Fsp3) is 0.533. The van der Waals surface area contributed by atoms with Gasteiger partial charge in [0.1, 0.15) is 0 Å².